The Kier molecular flexibility index (Phi) is 5.50. The van der Waals surface area contributed by atoms with E-state index in [0.717, 1.165) is 38.0 Å². The number of esters is 1. The molecular weight excluding hydrogens is 350 g/mol. The van der Waals surface area contributed by atoms with Crippen LogP contribution in [0.15, 0.2) is 36.4 Å². The molecule has 28 heavy (non-hydrogen) atoms. The van der Waals surface area contributed by atoms with E-state index in [4.69, 9.17) is 9.47 Å². The molecule has 0 spiro atoms. The molecule has 2 saturated carbocycles. The van der Waals surface area contributed by atoms with Crippen LogP contribution in [0.1, 0.15) is 44.6 Å². The van der Waals surface area contributed by atoms with E-state index in [2.05, 4.69) is 31.0 Å². The average Bonchev–Trinajstić information content (AvgIpc) is 2.98. The number of rotatable bonds is 6. The van der Waals surface area contributed by atoms with Gasteiger partial charge in [0.1, 0.15) is 11.9 Å². The molecule has 2 aliphatic carbocycles. The quantitative estimate of drug-likeness (QED) is 0.456. The van der Waals surface area contributed by atoms with Crippen LogP contribution in [0.3, 0.4) is 0 Å². The van der Waals surface area contributed by atoms with Gasteiger partial charge in [0.15, 0.2) is 0 Å². The van der Waals surface area contributed by atoms with Crippen molar-refractivity contribution in [1.82, 2.24) is 5.32 Å². The van der Waals surface area contributed by atoms with Crippen molar-refractivity contribution >= 4 is 5.97 Å². The lowest BCUT2D eigenvalue weighted by Gasteiger charge is -2.50. The number of carbonyl (C=O) groups excluding carboxylic acids is 1. The summed E-state index contributed by atoms with van der Waals surface area (Å²) in [6.45, 7) is 8.33. The van der Waals surface area contributed by atoms with Gasteiger partial charge in [0, 0.05) is 12.5 Å². The van der Waals surface area contributed by atoms with Gasteiger partial charge in [-0.1, -0.05) is 31.2 Å². The topological polar surface area (TPSA) is 47.6 Å². The normalized spacial score (nSPS) is 34.5. The van der Waals surface area contributed by atoms with Gasteiger partial charge in [-0.15, -0.1) is 0 Å². The zero-order valence-electron chi connectivity index (χ0n) is 17.2. The Hall–Kier alpha value is -1.81. The molecule has 4 nitrogen and oxygen atoms in total. The Morgan fingerprint density at radius 3 is 2.86 bits per heavy atom. The highest BCUT2D eigenvalue weighted by Gasteiger charge is 2.54. The summed E-state index contributed by atoms with van der Waals surface area (Å²) in [5.74, 6) is 1.76. The second-order valence-corrected chi connectivity index (χ2v) is 9.21. The Morgan fingerprint density at radius 1 is 1.32 bits per heavy atom. The van der Waals surface area contributed by atoms with Crippen LogP contribution in [0, 0.1) is 23.2 Å². The lowest BCUT2D eigenvalue weighted by Crippen LogP contribution is -2.45. The molecule has 4 rings (SSSR count). The van der Waals surface area contributed by atoms with Gasteiger partial charge in [-0.25, -0.2) is 0 Å². The maximum absolute atomic E-state index is 12.6. The van der Waals surface area contributed by atoms with Crippen molar-refractivity contribution in [3.8, 4) is 5.75 Å². The van der Waals surface area contributed by atoms with Crippen molar-refractivity contribution in [2.75, 3.05) is 20.2 Å². The van der Waals surface area contributed by atoms with E-state index >= 15 is 0 Å². The number of hydrogen-bond acceptors (Lipinski definition) is 4. The molecule has 0 bridgehead atoms. The largest absolute Gasteiger partial charge is 0.497 e. The zero-order chi connectivity index (χ0) is 19.7. The number of nitrogens with one attached hydrogen (secondary N) is 1. The van der Waals surface area contributed by atoms with E-state index in [1.165, 1.54) is 24.0 Å². The first kappa shape index (κ1) is 19.5. The van der Waals surface area contributed by atoms with Crippen molar-refractivity contribution in [2.24, 2.45) is 23.2 Å². The van der Waals surface area contributed by atoms with Crippen LogP contribution >= 0.6 is 0 Å². The second kappa shape index (κ2) is 7.90. The van der Waals surface area contributed by atoms with Crippen molar-refractivity contribution in [2.45, 2.75) is 51.6 Å². The molecular formula is C24H33NO3. The van der Waals surface area contributed by atoms with Crippen molar-refractivity contribution in [3.05, 3.63) is 42.0 Å². The summed E-state index contributed by atoms with van der Waals surface area (Å²) >= 11 is 0. The van der Waals surface area contributed by atoms with Gasteiger partial charge < -0.3 is 14.8 Å². The minimum absolute atomic E-state index is 0.000179. The zero-order valence-corrected chi connectivity index (χ0v) is 17.2. The van der Waals surface area contributed by atoms with Crippen molar-refractivity contribution < 1.29 is 14.3 Å². The predicted molar refractivity (Wildman–Crippen MR) is 110 cm³/mol. The molecule has 1 heterocycles. The molecule has 152 valence electrons. The molecule has 0 unspecified atom stereocenters. The average molecular weight is 384 g/mol. The van der Waals surface area contributed by atoms with E-state index in [1.807, 2.05) is 12.1 Å². The number of benzene rings is 1. The molecule has 3 fully saturated rings. The third kappa shape index (κ3) is 3.71. The molecule has 0 amide bonds. The van der Waals surface area contributed by atoms with Gasteiger partial charge >= 0.3 is 5.97 Å². The standard InChI is InChI=1S/C24H33NO3/c1-16-5-4-11-24(2)14-22-19(13-21(16)24)20(23(26)28-22)15-25-12-10-17-6-8-18(27-3)9-7-17/h6-9,19-22,25H,1,4-5,10-15H2,2-3H3/t19-,20-,21-,22+,24+/m0/s1. The molecule has 1 N–H and O–H groups in total. The number of carbonyl (C=O) groups is 1. The van der Waals surface area contributed by atoms with Gasteiger partial charge in [0.05, 0.1) is 13.0 Å². The Balaban J connectivity index is 1.32. The van der Waals surface area contributed by atoms with Crippen LogP contribution in [0.2, 0.25) is 0 Å². The third-order valence-electron chi connectivity index (χ3n) is 7.43. The predicted octanol–water partition coefficient (Wildman–Crippen LogP) is 4.14. The van der Waals surface area contributed by atoms with E-state index in [9.17, 15) is 4.79 Å². The number of ether oxygens (including phenoxy) is 2. The van der Waals surface area contributed by atoms with Crippen LogP contribution in [0.5, 0.6) is 5.75 Å². The van der Waals surface area contributed by atoms with E-state index in [1.54, 1.807) is 7.11 Å². The molecule has 1 saturated heterocycles. The molecule has 1 aromatic carbocycles. The summed E-state index contributed by atoms with van der Waals surface area (Å²) in [4.78, 5) is 12.6. The van der Waals surface area contributed by atoms with Gasteiger partial charge in [0.25, 0.3) is 0 Å². The van der Waals surface area contributed by atoms with Crippen LogP contribution in [0.25, 0.3) is 0 Å². The molecule has 1 aromatic rings. The van der Waals surface area contributed by atoms with Gasteiger partial charge in [-0.3, -0.25) is 4.79 Å². The highest BCUT2D eigenvalue weighted by Crippen LogP contribution is 2.56. The molecule has 4 heteroatoms. The number of allylic oxidation sites excluding steroid dienone is 1. The number of hydrogen-bond donors (Lipinski definition) is 1. The minimum Gasteiger partial charge on any atom is -0.497 e. The number of fused-ring (bicyclic) bond motifs is 2. The number of methoxy groups -OCH3 is 1. The molecule has 0 radical (unpaired) electrons. The van der Waals surface area contributed by atoms with Gasteiger partial charge in [-0.2, -0.15) is 0 Å². The monoisotopic (exact) mass is 383 g/mol. The molecule has 0 aromatic heterocycles. The Bertz CT molecular complexity index is 728. The first-order chi connectivity index (χ1) is 13.5. The van der Waals surface area contributed by atoms with E-state index in [0.29, 0.717) is 18.4 Å². The second-order valence-electron chi connectivity index (χ2n) is 9.21. The minimum atomic E-state index is -0.0138. The van der Waals surface area contributed by atoms with Crippen LogP contribution in [0.4, 0.5) is 0 Å². The van der Waals surface area contributed by atoms with Crippen LogP contribution in [-0.4, -0.2) is 32.3 Å². The van der Waals surface area contributed by atoms with Crippen molar-refractivity contribution in [1.29, 1.82) is 0 Å². The fourth-order valence-corrected chi connectivity index (χ4v) is 5.77. The summed E-state index contributed by atoms with van der Waals surface area (Å²) < 4.78 is 11.0. The smallest absolute Gasteiger partial charge is 0.310 e. The Morgan fingerprint density at radius 2 is 2.11 bits per heavy atom. The molecule has 3 aliphatic rings. The summed E-state index contributed by atoms with van der Waals surface area (Å²) in [6.07, 6.45) is 6.74. The highest BCUT2D eigenvalue weighted by atomic mass is 16.6. The lowest BCUT2D eigenvalue weighted by atomic mass is 9.55. The Labute approximate surface area is 168 Å². The highest BCUT2D eigenvalue weighted by molar-refractivity contribution is 5.75. The van der Waals surface area contributed by atoms with Crippen molar-refractivity contribution in [3.63, 3.8) is 0 Å². The third-order valence-corrected chi connectivity index (χ3v) is 7.43. The SMILES string of the molecule is C=C1CCC[C@]2(C)C[C@H]3OC(=O)[C@@H](CNCCc4ccc(OC)cc4)[C@@H]3C[C@@H]12. The van der Waals surface area contributed by atoms with E-state index < -0.39 is 0 Å². The van der Waals surface area contributed by atoms with Gasteiger partial charge in [0.2, 0.25) is 0 Å². The first-order valence-corrected chi connectivity index (χ1v) is 10.7. The fraction of sp³-hybridized carbons (Fsp3) is 0.625. The fourth-order valence-electron chi connectivity index (χ4n) is 5.77. The maximum Gasteiger partial charge on any atom is 0.310 e. The molecule has 5 atom stereocenters. The summed E-state index contributed by atoms with van der Waals surface area (Å²) in [5.41, 5.74) is 2.94. The molecule has 1 aliphatic heterocycles. The van der Waals surface area contributed by atoms with E-state index in [-0.39, 0.29) is 23.4 Å². The van der Waals surface area contributed by atoms with Gasteiger partial charge in [-0.05, 0) is 74.1 Å². The summed E-state index contributed by atoms with van der Waals surface area (Å²) in [5, 5.41) is 3.51. The lowest BCUT2D eigenvalue weighted by molar-refractivity contribution is -0.146. The van der Waals surface area contributed by atoms with Crippen LogP contribution in [-0.2, 0) is 16.0 Å². The maximum atomic E-state index is 12.6. The summed E-state index contributed by atoms with van der Waals surface area (Å²) in [6, 6.07) is 8.17. The summed E-state index contributed by atoms with van der Waals surface area (Å²) in [7, 11) is 1.68. The van der Waals surface area contributed by atoms with Crippen LogP contribution < -0.4 is 10.1 Å². The first-order valence-electron chi connectivity index (χ1n) is 10.7.